The Morgan fingerprint density at radius 1 is 1.43 bits per heavy atom. The van der Waals surface area contributed by atoms with Crippen LogP contribution in [0.1, 0.15) is 31.9 Å². The zero-order valence-electron chi connectivity index (χ0n) is 13.8. The van der Waals surface area contributed by atoms with E-state index in [2.05, 4.69) is 14.9 Å². The first-order valence-electron chi connectivity index (χ1n) is 8.07. The first-order chi connectivity index (χ1) is 11.2. The number of anilines is 1. The van der Waals surface area contributed by atoms with E-state index in [0.717, 1.165) is 44.5 Å². The predicted octanol–water partition coefficient (Wildman–Crippen LogP) is 2.49. The summed E-state index contributed by atoms with van der Waals surface area (Å²) >= 11 is 6.21. The Hall–Kier alpha value is -1.40. The number of carbonyl (C=O) groups excluding carboxylic acids is 1. The van der Waals surface area contributed by atoms with Gasteiger partial charge in [0.25, 0.3) is 0 Å². The number of piperidine rings is 1. The fourth-order valence-electron chi connectivity index (χ4n) is 2.71. The molecule has 2 heterocycles. The zero-order valence-corrected chi connectivity index (χ0v) is 14.5. The Morgan fingerprint density at radius 2 is 2.17 bits per heavy atom. The summed E-state index contributed by atoms with van der Waals surface area (Å²) in [6.07, 6.45) is 4.93. The fourth-order valence-corrected chi connectivity index (χ4v) is 2.92. The lowest BCUT2D eigenvalue weighted by molar-refractivity contribution is -0.148. The van der Waals surface area contributed by atoms with E-state index in [0.29, 0.717) is 24.2 Å². The molecular weight excluding hydrogens is 318 g/mol. The van der Waals surface area contributed by atoms with Crippen molar-refractivity contribution in [1.82, 2.24) is 9.97 Å². The van der Waals surface area contributed by atoms with Gasteiger partial charge in [-0.3, -0.25) is 4.79 Å². The lowest BCUT2D eigenvalue weighted by atomic mass is 9.97. The summed E-state index contributed by atoms with van der Waals surface area (Å²) in [5, 5.41) is 0.412. The van der Waals surface area contributed by atoms with Crippen molar-refractivity contribution >= 4 is 23.4 Å². The summed E-state index contributed by atoms with van der Waals surface area (Å²) in [4.78, 5) is 22.8. The molecule has 0 spiro atoms. The van der Waals surface area contributed by atoms with Crippen LogP contribution < -0.4 is 4.90 Å². The second-order valence-corrected chi connectivity index (χ2v) is 5.94. The average Bonchev–Trinajstić information content (AvgIpc) is 2.57. The van der Waals surface area contributed by atoms with Gasteiger partial charge in [-0.2, -0.15) is 0 Å². The van der Waals surface area contributed by atoms with Crippen LogP contribution in [0, 0.1) is 5.92 Å². The molecular formula is C16H24ClN3O3. The second kappa shape index (κ2) is 9.03. The van der Waals surface area contributed by atoms with Gasteiger partial charge in [-0.1, -0.05) is 11.6 Å². The Labute approximate surface area is 142 Å². The molecule has 0 aromatic carbocycles. The maximum Gasteiger partial charge on any atom is 0.309 e. The van der Waals surface area contributed by atoms with Gasteiger partial charge in [0.1, 0.15) is 0 Å². The molecule has 1 aromatic heterocycles. The number of hydrogen-bond donors (Lipinski definition) is 0. The number of rotatable bonds is 7. The third-order valence-corrected chi connectivity index (χ3v) is 4.22. The molecule has 2 rings (SSSR count). The van der Waals surface area contributed by atoms with Crippen molar-refractivity contribution in [2.75, 3.05) is 38.3 Å². The number of esters is 1. The number of aromatic nitrogens is 2. The summed E-state index contributed by atoms with van der Waals surface area (Å²) in [5.41, 5.74) is 0.911. The molecule has 1 fully saturated rings. The van der Waals surface area contributed by atoms with Gasteiger partial charge in [0, 0.05) is 26.8 Å². The first kappa shape index (κ1) is 17.9. The molecule has 23 heavy (non-hydrogen) atoms. The normalized spacial score (nSPS) is 15.7. The van der Waals surface area contributed by atoms with Crippen molar-refractivity contribution < 1.29 is 14.3 Å². The van der Waals surface area contributed by atoms with Crippen LogP contribution >= 0.6 is 11.6 Å². The monoisotopic (exact) mass is 341 g/mol. The van der Waals surface area contributed by atoms with E-state index in [1.165, 1.54) is 0 Å². The van der Waals surface area contributed by atoms with Gasteiger partial charge in [-0.25, -0.2) is 9.97 Å². The van der Waals surface area contributed by atoms with Gasteiger partial charge >= 0.3 is 5.97 Å². The zero-order chi connectivity index (χ0) is 16.7. The molecule has 0 amide bonds. The highest BCUT2D eigenvalue weighted by atomic mass is 35.5. The molecule has 7 heteroatoms. The average molecular weight is 342 g/mol. The van der Waals surface area contributed by atoms with Crippen molar-refractivity contribution in [2.45, 2.75) is 32.6 Å². The van der Waals surface area contributed by atoms with Gasteiger partial charge in [0.05, 0.1) is 24.4 Å². The summed E-state index contributed by atoms with van der Waals surface area (Å²) in [6.45, 7) is 4.43. The van der Waals surface area contributed by atoms with Crippen LogP contribution in [-0.2, 0) is 20.7 Å². The lowest BCUT2D eigenvalue weighted by Gasteiger charge is -2.32. The fraction of sp³-hybridized carbons (Fsp3) is 0.688. The molecule has 0 N–H and O–H groups in total. The van der Waals surface area contributed by atoms with Crippen LogP contribution in [0.5, 0.6) is 0 Å². The number of hydrogen-bond acceptors (Lipinski definition) is 6. The Morgan fingerprint density at radius 3 is 2.83 bits per heavy atom. The largest absolute Gasteiger partial charge is 0.466 e. The summed E-state index contributed by atoms with van der Waals surface area (Å²) < 4.78 is 10.2. The van der Waals surface area contributed by atoms with Crippen LogP contribution in [0.4, 0.5) is 5.82 Å². The standard InChI is InChI=1S/C16H24ClN3O3/c1-3-23-16(21)12-6-8-20(9-7-12)15-14(17)18-11-13(19-15)5-4-10-22-2/h11-12H,3-10H2,1-2H3. The first-order valence-corrected chi connectivity index (χ1v) is 8.45. The number of aryl methyl sites for hydroxylation is 1. The lowest BCUT2D eigenvalue weighted by Crippen LogP contribution is -2.37. The number of carbonyl (C=O) groups is 1. The van der Waals surface area contributed by atoms with E-state index < -0.39 is 0 Å². The quantitative estimate of drug-likeness (QED) is 0.561. The maximum atomic E-state index is 11.8. The summed E-state index contributed by atoms with van der Waals surface area (Å²) in [7, 11) is 1.69. The number of methoxy groups -OCH3 is 1. The smallest absolute Gasteiger partial charge is 0.309 e. The van der Waals surface area contributed by atoms with E-state index in [1.807, 2.05) is 6.92 Å². The molecule has 0 radical (unpaired) electrons. The highest BCUT2D eigenvalue weighted by molar-refractivity contribution is 6.31. The Bertz CT molecular complexity index is 519. The minimum absolute atomic E-state index is 0.0252. The van der Waals surface area contributed by atoms with Crippen LogP contribution in [0.2, 0.25) is 5.15 Å². The van der Waals surface area contributed by atoms with E-state index >= 15 is 0 Å². The molecule has 1 saturated heterocycles. The van der Waals surface area contributed by atoms with Crippen molar-refractivity contribution in [2.24, 2.45) is 5.92 Å². The molecule has 0 aliphatic carbocycles. The molecule has 0 bridgehead atoms. The highest BCUT2D eigenvalue weighted by Crippen LogP contribution is 2.27. The van der Waals surface area contributed by atoms with Crippen molar-refractivity contribution in [1.29, 1.82) is 0 Å². The molecule has 6 nitrogen and oxygen atoms in total. The van der Waals surface area contributed by atoms with E-state index in [1.54, 1.807) is 13.3 Å². The van der Waals surface area contributed by atoms with Gasteiger partial charge < -0.3 is 14.4 Å². The molecule has 0 atom stereocenters. The molecule has 1 aliphatic heterocycles. The van der Waals surface area contributed by atoms with Gasteiger partial charge in [-0.05, 0) is 32.6 Å². The second-order valence-electron chi connectivity index (χ2n) is 5.59. The van der Waals surface area contributed by atoms with Crippen LogP contribution in [-0.4, -0.2) is 49.4 Å². The van der Waals surface area contributed by atoms with E-state index in [-0.39, 0.29) is 11.9 Å². The van der Waals surface area contributed by atoms with E-state index in [9.17, 15) is 4.79 Å². The van der Waals surface area contributed by atoms with Crippen molar-refractivity contribution in [3.63, 3.8) is 0 Å². The van der Waals surface area contributed by atoms with Crippen LogP contribution in [0.3, 0.4) is 0 Å². The van der Waals surface area contributed by atoms with E-state index in [4.69, 9.17) is 21.1 Å². The molecule has 0 unspecified atom stereocenters. The van der Waals surface area contributed by atoms with Crippen molar-refractivity contribution in [3.05, 3.63) is 17.0 Å². The van der Waals surface area contributed by atoms with Crippen molar-refractivity contribution in [3.8, 4) is 0 Å². The Kier molecular flexibility index (Phi) is 7.05. The van der Waals surface area contributed by atoms with Gasteiger partial charge in [0.2, 0.25) is 0 Å². The predicted molar refractivity (Wildman–Crippen MR) is 88.8 cm³/mol. The molecule has 1 aliphatic rings. The number of halogens is 1. The molecule has 1 aromatic rings. The third kappa shape index (κ3) is 5.04. The molecule has 128 valence electrons. The minimum atomic E-state index is -0.0994. The van der Waals surface area contributed by atoms with Gasteiger partial charge in [0.15, 0.2) is 11.0 Å². The van der Waals surface area contributed by atoms with Gasteiger partial charge in [-0.15, -0.1) is 0 Å². The minimum Gasteiger partial charge on any atom is -0.466 e. The maximum absolute atomic E-state index is 11.8. The van der Waals surface area contributed by atoms with Crippen LogP contribution in [0.25, 0.3) is 0 Å². The third-order valence-electron chi connectivity index (χ3n) is 3.96. The summed E-state index contributed by atoms with van der Waals surface area (Å²) in [5.74, 6) is 0.587. The summed E-state index contributed by atoms with van der Waals surface area (Å²) in [6, 6.07) is 0. The number of ether oxygens (including phenoxy) is 2. The molecule has 0 saturated carbocycles. The topological polar surface area (TPSA) is 64.5 Å². The highest BCUT2D eigenvalue weighted by Gasteiger charge is 2.27. The van der Waals surface area contributed by atoms with Crippen LogP contribution in [0.15, 0.2) is 6.20 Å². The SMILES string of the molecule is CCOC(=O)C1CCN(c2nc(CCCOC)cnc2Cl)CC1. The Balaban J connectivity index is 1.96. The number of nitrogens with zero attached hydrogens (tertiary/aromatic N) is 3.